The number of rotatable bonds is 21. The van der Waals surface area contributed by atoms with Crippen LogP contribution in [0.4, 0.5) is 15.4 Å². The van der Waals surface area contributed by atoms with E-state index in [0.29, 0.717) is 18.6 Å². The Labute approximate surface area is 280 Å². The molecule has 47 heavy (non-hydrogen) atoms. The lowest BCUT2D eigenvalue weighted by molar-refractivity contribution is -0.120. The van der Waals surface area contributed by atoms with Crippen LogP contribution in [0.15, 0.2) is 90.0 Å². The van der Waals surface area contributed by atoms with Crippen LogP contribution in [-0.4, -0.2) is 63.6 Å². The van der Waals surface area contributed by atoms with Crippen molar-refractivity contribution in [2.75, 3.05) is 30.8 Å². The third-order valence-corrected chi connectivity index (χ3v) is 7.41. The zero-order chi connectivity index (χ0) is 34.0. The van der Waals surface area contributed by atoms with Crippen molar-refractivity contribution in [3.63, 3.8) is 0 Å². The molecule has 1 aliphatic rings. The first kappa shape index (κ1) is 38.8. The Hall–Kier alpha value is -4.36. The fourth-order valence-electron chi connectivity index (χ4n) is 3.99. The Bertz CT molecular complexity index is 1340. The second kappa shape index (κ2) is 24.8. The molecule has 3 amide bonds. The topological polar surface area (TPSA) is 161 Å². The monoisotopic (exact) mass is 669 g/mol. The van der Waals surface area contributed by atoms with Gasteiger partial charge in [0.2, 0.25) is 5.91 Å². The summed E-state index contributed by atoms with van der Waals surface area (Å²) in [6.07, 6.45) is 31.2. The van der Waals surface area contributed by atoms with Crippen LogP contribution < -0.4 is 21.6 Å². The molecule has 4 N–H and O–H groups in total. The smallest absolute Gasteiger partial charge is 0.410 e. The maximum atomic E-state index is 12.2. The standard InChI is InChI=1S/C34H47N5O7S/c1-2-3-4-5-6-7-8-9-10-11-12-13-14-15-16-17-18-19-20-21-29(40)35-23-24-36-34(44)45-26-31-46-30(27-47-31)39-25-22-28(37-32(39)41)38-33(42)43/h3-4,6-7,9-10,12-13,15-16,18-19,22,25,30-31H,2,5,8,11,14,17,20-21,23-24,26-27H2,1H3,(H,35,40)(H,36,44)(H,42,43)(H,37,38,41)/t30-,31+/m0/s1. The second-order valence-electron chi connectivity index (χ2n) is 10.1. The summed E-state index contributed by atoms with van der Waals surface area (Å²) in [6, 6.07) is 1.35. The molecule has 1 saturated heterocycles. The van der Waals surface area contributed by atoms with E-state index >= 15 is 0 Å². The zero-order valence-electron chi connectivity index (χ0n) is 26.9. The number of hydrogen-bond acceptors (Lipinski definition) is 8. The number of carbonyl (C=O) groups is 3. The number of carboxylic acid groups (broad SMARTS) is 1. The molecule has 1 aliphatic heterocycles. The fourth-order valence-corrected chi connectivity index (χ4v) is 4.98. The highest BCUT2D eigenvalue weighted by Gasteiger charge is 2.29. The molecule has 2 rings (SSSR count). The summed E-state index contributed by atoms with van der Waals surface area (Å²) in [6.45, 7) is 2.59. The first-order valence-electron chi connectivity index (χ1n) is 15.8. The first-order valence-corrected chi connectivity index (χ1v) is 16.9. The molecule has 0 aromatic carbocycles. The minimum atomic E-state index is -1.32. The highest BCUT2D eigenvalue weighted by Crippen LogP contribution is 2.31. The molecule has 0 aliphatic carbocycles. The average Bonchev–Trinajstić information content (AvgIpc) is 3.51. The van der Waals surface area contributed by atoms with Crippen LogP contribution in [0.25, 0.3) is 0 Å². The van der Waals surface area contributed by atoms with Gasteiger partial charge in [-0.25, -0.2) is 14.4 Å². The summed E-state index contributed by atoms with van der Waals surface area (Å²) in [5, 5.41) is 16.1. The van der Waals surface area contributed by atoms with Crippen molar-refractivity contribution in [2.24, 2.45) is 0 Å². The number of allylic oxidation sites excluding steroid dienone is 12. The van der Waals surface area contributed by atoms with Crippen molar-refractivity contribution in [3.8, 4) is 0 Å². The molecule has 12 nitrogen and oxygen atoms in total. The predicted molar refractivity (Wildman–Crippen MR) is 186 cm³/mol. The number of hydrogen-bond donors (Lipinski definition) is 4. The number of anilines is 1. The molecule has 0 radical (unpaired) electrons. The van der Waals surface area contributed by atoms with Gasteiger partial charge in [0.15, 0.2) is 0 Å². The van der Waals surface area contributed by atoms with E-state index in [4.69, 9.17) is 14.6 Å². The van der Waals surface area contributed by atoms with Crippen molar-refractivity contribution >= 4 is 35.7 Å². The van der Waals surface area contributed by atoms with Gasteiger partial charge in [-0.1, -0.05) is 79.8 Å². The summed E-state index contributed by atoms with van der Waals surface area (Å²) in [4.78, 5) is 50.5. The van der Waals surface area contributed by atoms with E-state index in [1.54, 1.807) is 0 Å². The molecule has 0 unspecified atom stereocenters. The number of nitrogens with zero attached hydrogens (tertiary/aromatic N) is 2. The lowest BCUT2D eigenvalue weighted by atomic mass is 10.2. The van der Waals surface area contributed by atoms with E-state index in [-0.39, 0.29) is 31.4 Å². The summed E-state index contributed by atoms with van der Waals surface area (Å²) >= 11 is 1.37. The first-order chi connectivity index (χ1) is 22.9. The van der Waals surface area contributed by atoms with Crippen LogP contribution in [0.5, 0.6) is 0 Å². The third kappa shape index (κ3) is 19.0. The van der Waals surface area contributed by atoms with Crippen molar-refractivity contribution in [3.05, 3.63) is 95.7 Å². The lowest BCUT2D eigenvalue weighted by Gasteiger charge is -2.15. The number of amides is 3. The van der Waals surface area contributed by atoms with E-state index in [1.165, 1.54) is 28.6 Å². The molecule has 2 atom stereocenters. The van der Waals surface area contributed by atoms with E-state index < -0.39 is 29.5 Å². The van der Waals surface area contributed by atoms with Crippen molar-refractivity contribution in [1.82, 2.24) is 20.2 Å². The number of ether oxygens (including phenoxy) is 2. The van der Waals surface area contributed by atoms with Crippen LogP contribution in [-0.2, 0) is 14.3 Å². The van der Waals surface area contributed by atoms with E-state index in [9.17, 15) is 19.2 Å². The van der Waals surface area contributed by atoms with Gasteiger partial charge >= 0.3 is 17.9 Å². The van der Waals surface area contributed by atoms with E-state index in [2.05, 4.69) is 83.3 Å². The Kier molecular flexibility index (Phi) is 20.5. The Morgan fingerprint density at radius 3 is 2.09 bits per heavy atom. The number of thioether (sulfide) groups is 1. The second-order valence-corrected chi connectivity index (χ2v) is 11.3. The Morgan fingerprint density at radius 2 is 1.51 bits per heavy atom. The molecular weight excluding hydrogens is 622 g/mol. The van der Waals surface area contributed by atoms with Gasteiger partial charge < -0.3 is 25.2 Å². The maximum absolute atomic E-state index is 12.2. The quantitative estimate of drug-likeness (QED) is 0.0877. The number of alkyl carbamates (subject to hydrolysis) is 1. The summed E-state index contributed by atoms with van der Waals surface area (Å²) < 4.78 is 12.2. The SMILES string of the molecule is CCC=CCC=CCC=CCC=CCC=CCC=CCCC(=O)NCCNC(=O)OC[C@@H]1O[C@H](n2ccc(NC(=O)O)nc2=O)CS1. The molecule has 1 aromatic rings. The van der Waals surface area contributed by atoms with Crippen LogP contribution in [0.3, 0.4) is 0 Å². The van der Waals surface area contributed by atoms with Crippen LogP contribution >= 0.6 is 11.8 Å². The third-order valence-electron chi connectivity index (χ3n) is 6.31. The average molecular weight is 670 g/mol. The molecule has 0 spiro atoms. The number of aromatic nitrogens is 2. The Balaban J connectivity index is 1.45. The van der Waals surface area contributed by atoms with Crippen LogP contribution in [0.2, 0.25) is 0 Å². The normalized spacial score (nSPS) is 16.8. The highest BCUT2D eigenvalue weighted by atomic mass is 32.2. The maximum Gasteiger partial charge on any atom is 0.410 e. The summed E-state index contributed by atoms with van der Waals surface area (Å²) in [5.74, 6) is 0.244. The number of nitrogens with one attached hydrogen (secondary N) is 3. The lowest BCUT2D eigenvalue weighted by Crippen LogP contribution is -2.35. The van der Waals surface area contributed by atoms with Crippen molar-refractivity contribution in [2.45, 2.75) is 70.0 Å². The van der Waals surface area contributed by atoms with Gasteiger partial charge in [-0.15, -0.1) is 11.8 Å². The molecule has 2 heterocycles. The summed E-state index contributed by atoms with van der Waals surface area (Å²) in [5.41, 5.74) is -1.15. The molecule has 1 aromatic heterocycles. The zero-order valence-corrected chi connectivity index (χ0v) is 27.7. The van der Waals surface area contributed by atoms with Gasteiger partial charge in [-0.3, -0.25) is 14.7 Å². The van der Waals surface area contributed by atoms with Gasteiger partial charge in [0.1, 0.15) is 24.1 Å². The van der Waals surface area contributed by atoms with Crippen molar-refractivity contribution < 1.29 is 29.0 Å². The van der Waals surface area contributed by atoms with Gasteiger partial charge in [-0.2, -0.15) is 4.98 Å². The van der Waals surface area contributed by atoms with Gasteiger partial charge in [-0.05, 0) is 51.0 Å². The molecule has 1 fully saturated rings. The molecular formula is C34H47N5O7S. The predicted octanol–water partition coefficient (Wildman–Crippen LogP) is 6.24. The van der Waals surface area contributed by atoms with Gasteiger partial charge in [0.25, 0.3) is 0 Å². The molecule has 256 valence electrons. The van der Waals surface area contributed by atoms with E-state index in [0.717, 1.165) is 38.5 Å². The van der Waals surface area contributed by atoms with Crippen LogP contribution in [0, 0.1) is 0 Å². The van der Waals surface area contributed by atoms with Gasteiger partial charge in [0.05, 0.1) is 0 Å². The molecule has 13 heteroatoms. The number of carbonyl (C=O) groups excluding carboxylic acids is 2. The van der Waals surface area contributed by atoms with Crippen LogP contribution in [0.1, 0.15) is 64.5 Å². The molecule has 0 bridgehead atoms. The van der Waals surface area contributed by atoms with E-state index in [1.807, 2.05) is 17.5 Å². The van der Waals surface area contributed by atoms with Gasteiger partial charge in [0, 0.05) is 31.5 Å². The minimum absolute atomic E-state index is 0.0356. The molecule has 0 saturated carbocycles. The minimum Gasteiger partial charge on any atom is -0.465 e. The highest BCUT2D eigenvalue weighted by molar-refractivity contribution is 8.00. The fraction of sp³-hybridized carbons (Fsp3) is 0.441. The Morgan fingerprint density at radius 1 is 0.936 bits per heavy atom. The largest absolute Gasteiger partial charge is 0.465 e. The summed E-state index contributed by atoms with van der Waals surface area (Å²) in [7, 11) is 0. The van der Waals surface area contributed by atoms with Crippen molar-refractivity contribution in [1.29, 1.82) is 0 Å².